The summed E-state index contributed by atoms with van der Waals surface area (Å²) < 4.78 is 0. The first-order valence-corrected chi connectivity index (χ1v) is 10.3. The molecule has 2 N–H and O–H groups in total. The van der Waals surface area contributed by atoms with E-state index >= 15 is 0 Å². The van der Waals surface area contributed by atoms with E-state index in [1.54, 1.807) is 36.9 Å². The third-order valence-corrected chi connectivity index (χ3v) is 5.53. The molecule has 0 saturated carbocycles. The predicted octanol–water partition coefficient (Wildman–Crippen LogP) is 4.45. The van der Waals surface area contributed by atoms with Gasteiger partial charge in [0.15, 0.2) is 5.16 Å². The minimum absolute atomic E-state index is 0.227. The third-order valence-electron chi connectivity index (χ3n) is 3.07. The molecule has 2 rings (SSSR count). The fraction of sp³-hybridized carbons (Fsp3) is 0.312. The monoisotopic (exact) mass is 417 g/mol. The largest absolute Gasteiger partial charge is 0.324 e. The summed E-state index contributed by atoms with van der Waals surface area (Å²) in [6, 6.07) is 6.32. The van der Waals surface area contributed by atoms with Crippen molar-refractivity contribution in [2.75, 3.05) is 11.1 Å². The van der Waals surface area contributed by atoms with Crippen LogP contribution in [0.4, 0.5) is 5.69 Å². The molecular formula is C16H17Cl2N3O2S2. The van der Waals surface area contributed by atoms with Crippen molar-refractivity contribution in [2.24, 2.45) is 0 Å². The Balaban J connectivity index is 2.07. The number of nitrogens with zero attached hydrogens (tertiary/aromatic N) is 1. The van der Waals surface area contributed by atoms with Crippen LogP contribution in [0.2, 0.25) is 10.0 Å². The molecule has 0 aliphatic heterocycles. The number of hydrogen-bond donors (Lipinski definition) is 2. The number of hydrogen-bond acceptors (Lipinski definition) is 5. The second-order valence-electron chi connectivity index (χ2n) is 5.05. The number of amides is 1. The van der Waals surface area contributed by atoms with Gasteiger partial charge in [0, 0.05) is 16.8 Å². The molecule has 1 atom stereocenters. The highest BCUT2D eigenvalue weighted by atomic mass is 35.5. The van der Waals surface area contributed by atoms with Crippen LogP contribution in [0.3, 0.4) is 0 Å². The Morgan fingerprint density at radius 3 is 2.84 bits per heavy atom. The predicted molar refractivity (Wildman–Crippen MR) is 107 cm³/mol. The van der Waals surface area contributed by atoms with Crippen molar-refractivity contribution in [3.63, 3.8) is 0 Å². The molecule has 0 aliphatic rings. The van der Waals surface area contributed by atoms with Gasteiger partial charge in [-0.05, 0) is 30.9 Å². The lowest BCUT2D eigenvalue weighted by Crippen LogP contribution is -2.23. The van der Waals surface area contributed by atoms with Crippen molar-refractivity contribution in [1.29, 1.82) is 0 Å². The van der Waals surface area contributed by atoms with Gasteiger partial charge in [-0.1, -0.05) is 41.9 Å². The van der Waals surface area contributed by atoms with E-state index in [0.717, 1.165) is 5.75 Å². The fourth-order valence-corrected chi connectivity index (χ4v) is 3.60. The average molecular weight is 418 g/mol. The second kappa shape index (κ2) is 9.52. The number of carbonyl (C=O) groups excluding carboxylic acids is 1. The van der Waals surface area contributed by atoms with E-state index in [1.807, 2.05) is 6.92 Å². The molecule has 1 amide bonds. The van der Waals surface area contributed by atoms with Gasteiger partial charge >= 0.3 is 0 Å². The van der Waals surface area contributed by atoms with Gasteiger partial charge in [0.1, 0.15) is 0 Å². The number of aromatic amines is 1. The number of halogens is 2. The Kier molecular flexibility index (Phi) is 7.68. The zero-order valence-electron chi connectivity index (χ0n) is 13.6. The molecule has 1 unspecified atom stereocenters. The van der Waals surface area contributed by atoms with Crippen LogP contribution >= 0.6 is 46.7 Å². The molecule has 0 saturated heterocycles. The standard InChI is InChI=1S/C16H17Cl2N3O2S2/c1-3-24-8-11-7-14(22)21-16(19-11)25-9(2)15(23)20-13-6-10(17)4-5-12(13)18/h4-7,9H,3,8H2,1-2H3,(H,20,23)(H,19,21,22). The SMILES string of the molecule is CCSCc1cc(=O)[nH]c(SC(C)C(=O)Nc2cc(Cl)ccc2Cl)n1. The molecule has 0 aliphatic carbocycles. The van der Waals surface area contributed by atoms with Gasteiger partial charge in [-0.2, -0.15) is 11.8 Å². The number of rotatable bonds is 7. The fourth-order valence-electron chi connectivity index (χ4n) is 1.87. The van der Waals surface area contributed by atoms with Crippen molar-refractivity contribution >= 4 is 58.3 Å². The van der Waals surface area contributed by atoms with Crippen molar-refractivity contribution in [3.8, 4) is 0 Å². The maximum Gasteiger partial charge on any atom is 0.251 e. The van der Waals surface area contributed by atoms with E-state index < -0.39 is 5.25 Å². The smallest absolute Gasteiger partial charge is 0.251 e. The van der Waals surface area contributed by atoms with E-state index in [-0.39, 0.29) is 11.5 Å². The average Bonchev–Trinajstić information content (AvgIpc) is 2.55. The molecule has 134 valence electrons. The third kappa shape index (κ3) is 6.26. The number of thioether (sulfide) groups is 2. The summed E-state index contributed by atoms with van der Waals surface area (Å²) in [5.74, 6) is 1.34. The molecule has 25 heavy (non-hydrogen) atoms. The molecule has 1 aromatic carbocycles. The quantitative estimate of drug-likeness (QED) is 0.513. The van der Waals surface area contributed by atoms with Crippen LogP contribution in [-0.2, 0) is 10.5 Å². The molecule has 2 aromatic rings. The van der Waals surface area contributed by atoms with Gasteiger partial charge in [0.05, 0.1) is 21.7 Å². The van der Waals surface area contributed by atoms with Gasteiger partial charge in [-0.25, -0.2) is 4.98 Å². The Morgan fingerprint density at radius 2 is 2.12 bits per heavy atom. The summed E-state index contributed by atoms with van der Waals surface area (Å²) in [4.78, 5) is 31.2. The summed E-state index contributed by atoms with van der Waals surface area (Å²) in [5, 5.41) is 3.55. The molecule has 1 aromatic heterocycles. The van der Waals surface area contributed by atoms with E-state index in [0.29, 0.717) is 32.3 Å². The molecule has 0 fully saturated rings. The first-order valence-electron chi connectivity index (χ1n) is 7.49. The Hall–Kier alpha value is -1.15. The van der Waals surface area contributed by atoms with E-state index in [4.69, 9.17) is 23.2 Å². The van der Waals surface area contributed by atoms with E-state index in [1.165, 1.54) is 17.8 Å². The van der Waals surface area contributed by atoms with Crippen molar-refractivity contribution < 1.29 is 4.79 Å². The lowest BCUT2D eigenvalue weighted by molar-refractivity contribution is -0.115. The van der Waals surface area contributed by atoms with E-state index in [9.17, 15) is 9.59 Å². The number of carbonyl (C=O) groups is 1. The van der Waals surface area contributed by atoms with Gasteiger partial charge in [-0.3, -0.25) is 9.59 Å². The zero-order valence-corrected chi connectivity index (χ0v) is 16.8. The highest BCUT2D eigenvalue weighted by Gasteiger charge is 2.17. The first kappa shape index (κ1) is 20.2. The van der Waals surface area contributed by atoms with Gasteiger partial charge in [0.25, 0.3) is 5.56 Å². The highest BCUT2D eigenvalue weighted by Crippen LogP contribution is 2.27. The number of anilines is 1. The Labute approximate surface area is 164 Å². The van der Waals surface area contributed by atoms with Crippen molar-refractivity contribution in [2.45, 2.75) is 30.0 Å². The Bertz CT molecular complexity index is 814. The van der Waals surface area contributed by atoms with Crippen LogP contribution in [0.5, 0.6) is 0 Å². The first-order chi connectivity index (χ1) is 11.9. The van der Waals surface area contributed by atoms with Crippen LogP contribution in [0.15, 0.2) is 34.2 Å². The molecule has 0 radical (unpaired) electrons. The molecule has 0 spiro atoms. The maximum absolute atomic E-state index is 12.4. The number of aromatic nitrogens is 2. The molecular weight excluding hydrogens is 401 g/mol. The minimum Gasteiger partial charge on any atom is -0.324 e. The van der Waals surface area contributed by atoms with Crippen molar-refractivity contribution in [3.05, 3.63) is 50.4 Å². The second-order valence-corrected chi connectivity index (χ2v) is 8.50. The molecule has 0 bridgehead atoms. The van der Waals surface area contributed by atoms with Gasteiger partial charge in [0.2, 0.25) is 5.91 Å². The van der Waals surface area contributed by atoms with Crippen molar-refractivity contribution in [1.82, 2.24) is 9.97 Å². The van der Waals surface area contributed by atoms with Crippen LogP contribution in [-0.4, -0.2) is 26.9 Å². The molecule has 9 heteroatoms. The topological polar surface area (TPSA) is 74.8 Å². The molecule has 1 heterocycles. The Morgan fingerprint density at radius 1 is 1.36 bits per heavy atom. The van der Waals surface area contributed by atoms with E-state index in [2.05, 4.69) is 15.3 Å². The summed E-state index contributed by atoms with van der Waals surface area (Å²) in [5.41, 5.74) is 0.916. The summed E-state index contributed by atoms with van der Waals surface area (Å²) >= 11 is 14.8. The van der Waals surface area contributed by atoms with Gasteiger partial charge in [-0.15, -0.1) is 0 Å². The minimum atomic E-state index is -0.479. The zero-order chi connectivity index (χ0) is 18.4. The lowest BCUT2D eigenvalue weighted by atomic mass is 10.3. The molecule has 5 nitrogen and oxygen atoms in total. The number of benzene rings is 1. The number of H-pyrrole nitrogens is 1. The van der Waals surface area contributed by atoms with Crippen LogP contribution in [0.25, 0.3) is 0 Å². The highest BCUT2D eigenvalue weighted by molar-refractivity contribution is 8.00. The van der Waals surface area contributed by atoms with Crippen LogP contribution < -0.4 is 10.9 Å². The summed E-state index contributed by atoms with van der Waals surface area (Å²) in [6.07, 6.45) is 0. The lowest BCUT2D eigenvalue weighted by Gasteiger charge is -2.13. The summed E-state index contributed by atoms with van der Waals surface area (Å²) in [7, 11) is 0. The van der Waals surface area contributed by atoms with Crippen LogP contribution in [0.1, 0.15) is 19.5 Å². The van der Waals surface area contributed by atoms with Crippen LogP contribution in [0, 0.1) is 0 Å². The number of nitrogens with one attached hydrogen (secondary N) is 2. The maximum atomic E-state index is 12.4. The normalized spacial score (nSPS) is 12.0. The summed E-state index contributed by atoms with van der Waals surface area (Å²) in [6.45, 7) is 3.77. The van der Waals surface area contributed by atoms with Gasteiger partial charge < -0.3 is 10.3 Å².